The number of aryl methyl sites for hydroxylation is 1. The Morgan fingerprint density at radius 3 is 2.81 bits per heavy atom. The summed E-state index contributed by atoms with van der Waals surface area (Å²) in [5.74, 6) is 0. The Morgan fingerprint density at radius 1 is 1.50 bits per heavy atom. The molecule has 1 fully saturated rings. The summed E-state index contributed by atoms with van der Waals surface area (Å²) in [6, 6.07) is 8.99. The summed E-state index contributed by atoms with van der Waals surface area (Å²) in [6.07, 6.45) is 3.04. The number of nitrogens with zero attached hydrogens (tertiary/aromatic N) is 2. The molecule has 3 nitrogen and oxygen atoms in total. The highest BCUT2D eigenvalue weighted by Crippen LogP contribution is 2.33. The third-order valence-corrected chi connectivity index (χ3v) is 3.05. The van der Waals surface area contributed by atoms with Crippen LogP contribution < -0.4 is 10.6 Å². The fourth-order valence-electron chi connectivity index (χ4n) is 1.89. The summed E-state index contributed by atoms with van der Waals surface area (Å²) in [4.78, 5) is 2.30. The second-order valence-electron chi connectivity index (χ2n) is 4.37. The zero-order valence-corrected chi connectivity index (χ0v) is 9.61. The van der Waals surface area contributed by atoms with E-state index in [4.69, 9.17) is 11.0 Å². The largest absolute Gasteiger partial charge is 0.398 e. The van der Waals surface area contributed by atoms with Gasteiger partial charge in [-0.05, 0) is 37.5 Å². The van der Waals surface area contributed by atoms with Crippen molar-refractivity contribution in [1.82, 2.24) is 0 Å². The summed E-state index contributed by atoms with van der Waals surface area (Å²) < 4.78 is 0. The van der Waals surface area contributed by atoms with Crippen molar-refractivity contribution in [1.29, 1.82) is 5.26 Å². The molecule has 0 aliphatic heterocycles. The average molecular weight is 215 g/mol. The molecule has 2 N–H and O–H groups in total. The molecule has 1 aromatic rings. The van der Waals surface area contributed by atoms with Crippen molar-refractivity contribution >= 4 is 11.4 Å². The third kappa shape index (κ3) is 2.27. The van der Waals surface area contributed by atoms with E-state index in [2.05, 4.69) is 17.0 Å². The summed E-state index contributed by atoms with van der Waals surface area (Å²) in [7, 11) is 0. The van der Waals surface area contributed by atoms with Crippen molar-refractivity contribution in [3.63, 3.8) is 0 Å². The molecule has 1 aromatic carbocycles. The molecule has 0 aromatic heterocycles. The van der Waals surface area contributed by atoms with Crippen LogP contribution in [0.25, 0.3) is 0 Å². The van der Waals surface area contributed by atoms with E-state index in [1.807, 2.05) is 19.1 Å². The van der Waals surface area contributed by atoms with Crippen molar-refractivity contribution in [3.05, 3.63) is 23.8 Å². The molecular formula is C13H17N3. The predicted octanol–water partition coefficient (Wildman–Crippen LogP) is 2.46. The van der Waals surface area contributed by atoms with Gasteiger partial charge in [-0.2, -0.15) is 5.26 Å². The van der Waals surface area contributed by atoms with Crippen LogP contribution in [0.2, 0.25) is 0 Å². The Bertz CT molecular complexity index is 416. The Morgan fingerprint density at radius 2 is 2.25 bits per heavy atom. The zero-order chi connectivity index (χ0) is 11.5. The number of rotatable bonds is 4. The topological polar surface area (TPSA) is 53.0 Å². The Hall–Kier alpha value is -1.69. The van der Waals surface area contributed by atoms with Gasteiger partial charge in [-0.1, -0.05) is 6.07 Å². The summed E-state index contributed by atoms with van der Waals surface area (Å²) >= 11 is 0. The monoisotopic (exact) mass is 215 g/mol. The maximum absolute atomic E-state index is 8.66. The molecule has 1 saturated carbocycles. The van der Waals surface area contributed by atoms with E-state index in [1.54, 1.807) is 0 Å². The van der Waals surface area contributed by atoms with Crippen LogP contribution in [-0.4, -0.2) is 12.6 Å². The van der Waals surface area contributed by atoms with Crippen LogP contribution in [0, 0.1) is 18.3 Å². The van der Waals surface area contributed by atoms with E-state index < -0.39 is 0 Å². The van der Waals surface area contributed by atoms with Crippen molar-refractivity contribution in [2.75, 3.05) is 17.2 Å². The third-order valence-electron chi connectivity index (χ3n) is 3.05. The minimum Gasteiger partial charge on any atom is -0.398 e. The molecule has 3 heteroatoms. The predicted molar refractivity (Wildman–Crippen MR) is 66.2 cm³/mol. The van der Waals surface area contributed by atoms with Crippen LogP contribution in [0.1, 0.15) is 24.8 Å². The molecule has 0 heterocycles. The lowest BCUT2D eigenvalue weighted by Gasteiger charge is -2.24. The lowest BCUT2D eigenvalue weighted by atomic mass is 10.1. The highest BCUT2D eigenvalue weighted by atomic mass is 15.2. The van der Waals surface area contributed by atoms with Gasteiger partial charge in [0.15, 0.2) is 0 Å². The fraction of sp³-hybridized carbons (Fsp3) is 0.462. The lowest BCUT2D eigenvalue weighted by molar-refractivity contribution is 0.793. The number of hydrogen-bond donors (Lipinski definition) is 1. The molecule has 2 rings (SSSR count). The fourth-order valence-corrected chi connectivity index (χ4v) is 1.89. The average Bonchev–Trinajstić information content (AvgIpc) is 3.08. The second kappa shape index (κ2) is 4.44. The first-order chi connectivity index (χ1) is 7.72. The normalized spacial score (nSPS) is 14.5. The molecule has 0 unspecified atom stereocenters. The Labute approximate surface area is 96.5 Å². The highest BCUT2D eigenvalue weighted by Gasteiger charge is 2.28. The van der Waals surface area contributed by atoms with Crippen molar-refractivity contribution in [3.8, 4) is 6.07 Å². The van der Waals surface area contributed by atoms with Gasteiger partial charge in [0, 0.05) is 24.0 Å². The van der Waals surface area contributed by atoms with Crippen LogP contribution in [0.4, 0.5) is 11.4 Å². The maximum atomic E-state index is 8.66. The minimum atomic E-state index is 0.574. The number of nitrogens with two attached hydrogens (primary N) is 1. The minimum absolute atomic E-state index is 0.574. The first kappa shape index (κ1) is 10.8. The molecule has 0 saturated heterocycles. The van der Waals surface area contributed by atoms with Crippen molar-refractivity contribution < 1.29 is 0 Å². The van der Waals surface area contributed by atoms with Crippen LogP contribution in [0.5, 0.6) is 0 Å². The smallest absolute Gasteiger partial charge is 0.0640 e. The number of benzene rings is 1. The summed E-state index contributed by atoms with van der Waals surface area (Å²) in [5.41, 5.74) is 9.01. The Kier molecular flexibility index (Phi) is 3.00. The molecule has 1 aliphatic rings. The zero-order valence-electron chi connectivity index (χ0n) is 9.61. The highest BCUT2D eigenvalue weighted by molar-refractivity contribution is 5.60. The molecule has 16 heavy (non-hydrogen) atoms. The van der Waals surface area contributed by atoms with E-state index in [0.29, 0.717) is 12.5 Å². The van der Waals surface area contributed by atoms with Gasteiger partial charge >= 0.3 is 0 Å². The van der Waals surface area contributed by atoms with Gasteiger partial charge in [-0.25, -0.2) is 0 Å². The number of nitriles is 1. The molecule has 0 atom stereocenters. The van der Waals surface area contributed by atoms with Gasteiger partial charge in [0.1, 0.15) is 0 Å². The molecule has 1 aliphatic carbocycles. The first-order valence-corrected chi connectivity index (χ1v) is 5.72. The standard InChI is InChI=1S/C13H17N3/c1-10-3-4-12(9-13(10)15)16(8-2-7-14)11-5-6-11/h3-4,9,11H,2,5-6,8,15H2,1H3. The van der Waals surface area contributed by atoms with E-state index in [1.165, 1.54) is 12.8 Å². The van der Waals surface area contributed by atoms with Gasteiger partial charge in [-0.15, -0.1) is 0 Å². The summed E-state index contributed by atoms with van der Waals surface area (Å²) in [5, 5.41) is 8.66. The van der Waals surface area contributed by atoms with Crippen LogP contribution in [0.3, 0.4) is 0 Å². The Balaban J connectivity index is 2.18. The number of nitrogen functional groups attached to an aromatic ring is 1. The quantitative estimate of drug-likeness (QED) is 0.785. The first-order valence-electron chi connectivity index (χ1n) is 5.72. The van der Waals surface area contributed by atoms with E-state index in [9.17, 15) is 0 Å². The van der Waals surface area contributed by atoms with Gasteiger partial charge in [-0.3, -0.25) is 0 Å². The van der Waals surface area contributed by atoms with Crippen LogP contribution in [0.15, 0.2) is 18.2 Å². The van der Waals surface area contributed by atoms with Crippen LogP contribution >= 0.6 is 0 Å². The molecule has 0 radical (unpaired) electrons. The van der Waals surface area contributed by atoms with E-state index in [-0.39, 0.29) is 0 Å². The van der Waals surface area contributed by atoms with Crippen molar-refractivity contribution in [2.24, 2.45) is 0 Å². The van der Waals surface area contributed by atoms with Gasteiger partial charge in [0.25, 0.3) is 0 Å². The molecular weight excluding hydrogens is 198 g/mol. The molecule has 0 bridgehead atoms. The molecule has 84 valence electrons. The van der Waals surface area contributed by atoms with Crippen molar-refractivity contribution in [2.45, 2.75) is 32.2 Å². The van der Waals surface area contributed by atoms with E-state index >= 15 is 0 Å². The SMILES string of the molecule is Cc1ccc(N(CCC#N)C2CC2)cc1N. The van der Waals surface area contributed by atoms with E-state index in [0.717, 1.165) is 23.5 Å². The second-order valence-corrected chi connectivity index (χ2v) is 4.37. The van der Waals surface area contributed by atoms with Gasteiger partial charge in [0.05, 0.1) is 12.5 Å². The molecule has 0 amide bonds. The summed E-state index contributed by atoms with van der Waals surface area (Å²) in [6.45, 7) is 2.82. The maximum Gasteiger partial charge on any atom is 0.0640 e. The van der Waals surface area contributed by atoms with Gasteiger partial charge in [0.2, 0.25) is 0 Å². The van der Waals surface area contributed by atoms with Gasteiger partial charge < -0.3 is 10.6 Å². The number of anilines is 2. The van der Waals surface area contributed by atoms with Crippen LogP contribution in [-0.2, 0) is 0 Å². The lowest BCUT2D eigenvalue weighted by Crippen LogP contribution is -2.26. The number of hydrogen-bond acceptors (Lipinski definition) is 3. The molecule has 0 spiro atoms.